The second-order valence-electron chi connectivity index (χ2n) is 6.41. The first-order chi connectivity index (χ1) is 13.3. The molecule has 0 amide bonds. The highest BCUT2D eigenvalue weighted by Gasteiger charge is 2.06. The van der Waals surface area contributed by atoms with E-state index in [2.05, 4.69) is 72.8 Å². The molecule has 0 unspecified atom stereocenters. The maximum atomic E-state index is 5.27. The number of furan rings is 2. The molecule has 0 N–H and O–H groups in total. The van der Waals surface area contributed by atoms with Crippen LogP contribution in [0.3, 0.4) is 0 Å². The lowest BCUT2D eigenvalue weighted by atomic mass is 9.94. The molecule has 0 saturated heterocycles. The predicted octanol–water partition coefficient (Wildman–Crippen LogP) is 7.19. The summed E-state index contributed by atoms with van der Waals surface area (Å²) in [7, 11) is 0. The molecule has 2 heterocycles. The summed E-state index contributed by atoms with van der Waals surface area (Å²) in [4.78, 5) is 0. The molecule has 2 heteroatoms. The van der Waals surface area contributed by atoms with Gasteiger partial charge in [-0.2, -0.15) is 0 Å². The van der Waals surface area contributed by atoms with Crippen LogP contribution in [0.4, 0.5) is 0 Å². The van der Waals surface area contributed by atoms with Gasteiger partial charge in [0, 0.05) is 11.1 Å². The molecule has 0 radical (unpaired) electrons. The Kier molecular flexibility index (Phi) is 4.88. The molecule has 27 heavy (non-hydrogen) atoms. The highest BCUT2D eigenvalue weighted by atomic mass is 16.3. The molecule has 0 spiro atoms. The molecule has 2 aromatic carbocycles. The average molecular weight is 352 g/mol. The summed E-state index contributed by atoms with van der Waals surface area (Å²) in [5.41, 5.74) is 8.00. The van der Waals surface area contributed by atoms with E-state index in [-0.39, 0.29) is 0 Å². The Morgan fingerprint density at radius 2 is 1.22 bits per heavy atom. The van der Waals surface area contributed by atoms with Gasteiger partial charge >= 0.3 is 0 Å². The van der Waals surface area contributed by atoms with Crippen LogP contribution in [0.1, 0.15) is 27.8 Å². The molecule has 0 aliphatic carbocycles. The molecule has 4 aromatic rings. The van der Waals surface area contributed by atoms with Crippen LogP contribution in [0.15, 0.2) is 88.5 Å². The van der Waals surface area contributed by atoms with Crippen LogP contribution >= 0.6 is 0 Å². The molecule has 0 aliphatic rings. The van der Waals surface area contributed by atoms with Gasteiger partial charge in [0.1, 0.15) is 0 Å². The summed E-state index contributed by atoms with van der Waals surface area (Å²) >= 11 is 0. The minimum absolute atomic E-state index is 1.05. The van der Waals surface area contributed by atoms with Gasteiger partial charge in [0.15, 0.2) is 0 Å². The molecule has 0 saturated carbocycles. The molecule has 2 nitrogen and oxygen atoms in total. The van der Waals surface area contributed by atoms with Gasteiger partial charge in [-0.3, -0.25) is 0 Å². The van der Waals surface area contributed by atoms with Gasteiger partial charge in [-0.05, 0) is 40.8 Å². The summed E-state index contributed by atoms with van der Waals surface area (Å²) in [6, 6.07) is 18.8. The van der Waals surface area contributed by atoms with E-state index in [1.54, 1.807) is 25.1 Å². The molecule has 0 bridgehead atoms. The van der Waals surface area contributed by atoms with Crippen molar-refractivity contribution in [3.63, 3.8) is 0 Å². The fourth-order valence-corrected chi connectivity index (χ4v) is 3.05. The van der Waals surface area contributed by atoms with E-state index in [1.165, 1.54) is 22.3 Å². The van der Waals surface area contributed by atoms with E-state index in [4.69, 9.17) is 8.83 Å². The van der Waals surface area contributed by atoms with Crippen LogP contribution in [0.25, 0.3) is 35.4 Å². The van der Waals surface area contributed by atoms with Crippen molar-refractivity contribution in [3.8, 4) is 11.1 Å². The zero-order valence-corrected chi connectivity index (χ0v) is 15.1. The second-order valence-corrected chi connectivity index (χ2v) is 6.41. The first-order valence-corrected chi connectivity index (χ1v) is 8.91. The highest BCUT2D eigenvalue weighted by Crippen LogP contribution is 2.30. The number of hydrogen-bond donors (Lipinski definition) is 0. The van der Waals surface area contributed by atoms with E-state index in [0.29, 0.717) is 0 Å². The van der Waals surface area contributed by atoms with Crippen LogP contribution in [-0.4, -0.2) is 0 Å². The second kappa shape index (κ2) is 7.79. The summed E-state index contributed by atoms with van der Waals surface area (Å²) in [6.07, 6.45) is 15.4. The van der Waals surface area contributed by atoms with E-state index >= 15 is 0 Å². The molecule has 132 valence electrons. The molecular formula is C25H20O2. The lowest BCUT2D eigenvalue weighted by molar-refractivity contribution is 0.565. The molecule has 4 rings (SSSR count). The van der Waals surface area contributed by atoms with Crippen molar-refractivity contribution < 1.29 is 8.83 Å². The first kappa shape index (κ1) is 16.9. The van der Waals surface area contributed by atoms with Gasteiger partial charge in [0.05, 0.1) is 25.1 Å². The fourth-order valence-electron chi connectivity index (χ4n) is 3.05. The normalized spacial score (nSPS) is 11.6. The Bertz CT molecular complexity index is 1080. The van der Waals surface area contributed by atoms with Gasteiger partial charge in [0.25, 0.3) is 0 Å². The minimum atomic E-state index is 1.05. The van der Waals surface area contributed by atoms with Crippen LogP contribution in [0.2, 0.25) is 0 Å². The molecule has 2 aromatic heterocycles. The van der Waals surface area contributed by atoms with Gasteiger partial charge in [-0.15, -0.1) is 0 Å². The Morgan fingerprint density at radius 3 is 1.81 bits per heavy atom. The number of benzene rings is 2. The van der Waals surface area contributed by atoms with Crippen molar-refractivity contribution >= 4 is 24.3 Å². The third-order valence-corrected chi connectivity index (χ3v) is 4.55. The summed E-state index contributed by atoms with van der Waals surface area (Å²) in [5, 5.41) is 0. The van der Waals surface area contributed by atoms with Crippen molar-refractivity contribution in [2.75, 3.05) is 0 Å². The quantitative estimate of drug-likeness (QED) is 0.380. The summed E-state index contributed by atoms with van der Waals surface area (Å²) in [6.45, 7) is 2.05. The van der Waals surface area contributed by atoms with E-state index in [0.717, 1.165) is 16.7 Å². The third-order valence-electron chi connectivity index (χ3n) is 4.55. The Hall–Kier alpha value is -3.52. The summed E-state index contributed by atoms with van der Waals surface area (Å²) < 4.78 is 10.4. The van der Waals surface area contributed by atoms with Gasteiger partial charge < -0.3 is 8.83 Å². The Morgan fingerprint density at radius 1 is 0.593 bits per heavy atom. The standard InChI is InChI=1S/C25H20O2/c1-19-16-27-18-23(19)13-12-22-7-3-5-9-25(22)24-8-4-2-6-21(24)11-10-20-14-15-26-17-20/h2-18H,1H3. The van der Waals surface area contributed by atoms with Crippen LogP contribution < -0.4 is 0 Å². The molecule has 0 aliphatic heterocycles. The van der Waals surface area contributed by atoms with E-state index < -0.39 is 0 Å². The Balaban J connectivity index is 1.72. The minimum Gasteiger partial charge on any atom is -0.472 e. The van der Waals surface area contributed by atoms with Crippen LogP contribution in [-0.2, 0) is 0 Å². The SMILES string of the molecule is Cc1cocc1C=Cc1ccccc1-c1ccccc1C=Cc1ccoc1. The van der Waals surface area contributed by atoms with Crippen molar-refractivity contribution in [1.82, 2.24) is 0 Å². The average Bonchev–Trinajstić information content (AvgIpc) is 3.37. The van der Waals surface area contributed by atoms with Gasteiger partial charge in [-0.1, -0.05) is 72.8 Å². The maximum absolute atomic E-state index is 5.27. The zero-order chi connectivity index (χ0) is 18.5. The van der Waals surface area contributed by atoms with Gasteiger partial charge in [-0.25, -0.2) is 0 Å². The number of aryl methyl sites for hydroxylation is 1. The number of rotatable bonds is 5. The largest absolute Gasteiger partial charge is 0.472 e. The van der Waals surface area contributed by atoms with Gasteiger partial charge in [0.2, 0.25) is 0 Å². The van der Waals surface area contributed by atoms with Crippen LogP contribution in [0.5, 0.6) is 0 Å². The van der Waals surface area contributed by atoms with Crippen molar-refractivity contribution in [2.45, 2.75) is 6.92 Å². The molecule has 0 fully saturated rings. The van der Waals surface area contributed by atoms with Crippen molar-refractivity contribution in [2.24, 2.45) is 0 Å². The van der Waals surface area contributed by atoms with Crippen LogP contribution in [0, 0.1) is 6.92 Å². The predicted molar refractivity (Wildman–Crippen MR) is 112 cm³/mol. The van der Waals surface area contributed by atoms with Crippen molar-refractivity contribution in [3.05, 3.63) is 107 Å². The Labute approximate surface area is 159 Å². The third kappa shape index (κ3) is 3.85. The number of hydrogen-bond acceptors (Lipinski definition) is 2. The van der Waals surface area contributed by atoms with E-state index in [1.807, 2.05) is 13.0 Å². The smallest absolute Gasteiger partial charge is 0.0977 e. The lowest BCUT2D eigenvalue weighted by Crippen LogP contribution is -1.86. The molecular weight excluding hydrogens is 332 g/mol. The lowest BCUT2D eigenvalue weighted by Gasteiger charge is -2.10. The fraction of sp³-hybridized carbons (Fsp3) is 0.0400. The monoisotopic (exact) mass is 352 g/mol. The van der Waals surface area contributed by atoms with Crippen molar-refractivity contribution in [1.29, 1.82) is 0 Å². The highest BCUT2D eigenvalue weighted by molar-refractivity contribution is 5.87. The topological polar surface area (TPSA) is 26.3 Å². The summed E-state index contributed by atoms with van der Waals surface area (Å²) in [5.74, 6) is 0. The first-order valence-electron chi connectivity index (χ1n) is 8.91. The van der Waals surface area contributed by atoms with E-state index in [9.17, 15) is 0 Å². The zero-order valence-electron chi connectivity index (χ0n) is 15.1. The molecule has 0 atom stereocenters. The maximum Gasteiger partial charge on any atom is 0.0977 e.